The minimum Gasteiger partial charge on any atom is -0.0533 e. The molecule has 0 bridgehead atoms. The second kappa shape index (κ2) is 2.56. The van der Waals surface area contributed by atoms with Crippen LogP contribution in [0.25, 0.3) is 0 Å². The van der Waals surface area contributed by atoms with Gasteiger partial charge in [0.25, 0.3) is 0 Å². The van der Waals surface area contributed by atoms with Gasteiger partial charge in [0.1, 0.15) is 0 Å². The Balaban J connectivity index is 1.98. The van der Waals surface area contributed by atoms with Crippen LogP contribution in [0, 0.1) is 11.8 Å². The molecule has 0 nitrogen and oxygen atoms in total. The molecule has 57 valence electrons. The van der Waals surface area contributed by atoms with Crippen molar-refractivity contribution in [3.8, 4) is 0 Å². The fraction of sp³-hybridized carbons (Fsp3) is 0.900. The third kappa shape index (κ3) is 1.09. The van der Waals surface area contributed by atoms with Crippen LogP contribution in [0.2, 0.25) is 0 Å². The van der Waals surface area contributed by atoms with Gasteiger partial charge in [0, 0.05) is 0 Å². The summed E-state index contributed by atoms with van der Waals surface area (Å²) < 4.78 is 0. The van der Waals surface area contributed by atoms with Crippen LogP contribution in [0.15, 0.2) is 0 Å². The van der Waals surface area contributed by atoms with Gasteiger partial charge in [-0.2, -0.15) is 0 Å². The highest BCUT2D eigenvalue weighted by Gasteiger charge is 2.34. The first kappa shape index (κ1) is 6.69. The predicted octanol–water partition coefficient (Wildman–Crippen LogP) is 3.33. The van der Waals surface area contributed by atoms with Crippen molar-refractivity contribution >= 4 is 0 Å². The summed E-state index contributed by atoms with van der Waals surface area (Å²) in [5.74, 6) is 0. The summed E-state index contributed by atoms with van der Waals surface area (Å²) in [6.45, 7) is 0. The Morgan fingerprint density at radius 1 is 0.900 bits per heavy atom. The van der Waals surface area contributed by atoms with Crippen LogP contribution in [0.4, 0.5) is 0 Å². The van der Waals surface area contributed by atoms with Crippen LogP contribution in [-0.4, -0.2) is 0 Å². The summed E-state index contributed by atoms with van der Waals surface area (Å²) in [4.78, 5) is 0. The van der Waals surface area contributed by atoms with Crippen molar-refractivity contribution in [2.75, 3.05) is 0 Å². The van der Waals surface area contributed by atoms with Crippen LogP contribution in [0.3, 0.4) is 0 Å². The molecule has 2 rings (SSSR count). The van der Waals surface area contributed by atoms with Gasteiger partial charge in [0.15, 0.2) is 0 Å². The molecule has 0 atom stereocenters. The van der Waals surface area contributed by atoms with Crippen molar-refractivity contribution in [2.24, 2.45) is 5.41 Å². The highest BCUT2D eigenvalue weighted by molar-refractivity contribution is 4.94. The first-order valence-electron chi connectivity index (χ1n) is 4.73. The standard InChI is InChI=1S/C10H17/c1-2-6-10(7-3-1)8-4-5-9-10/h4H,1-3,5-9H2. The molecule has 0 saturated heterocycles. The lowest BCUT2D eigenvalue weighted by Gasteiger charge is -2.32. The molecule has 10 heavy (non-hydrogen) atoms. The smallest absolute Gasteiger partial charge is 0.0295 e. The summed E-state index contributed by atoms with van der Waals surface area (Å²) in [7, 11) is 0. The second-order valence-electron chi connectivity index (χ2n) is 4.09. The molecule has 0 unspecified atom stereocenters. The Bertz CT molecular complexity index is 101. The first-order valence-corrected chi connectivity index (χ1v) is 4.73. The Morgan fingerprint density at radius 2 is 1.70 bits per heavy atom. The summed E-state index contributed by atoms with van der Waals surface area (Å²) in [6.07, 6.45) is 14.4. The van der Waals surface area contributed by atoms with Crippen molar-refractivity contribution in [2.45, 2.75) is 51.4 Å². The van der Waals surface area contributed by atoms with Crippen LogP contribution < -0.4 is 0 Å². The highest BCUT2D eigenvalue weighted by Crippen LogP contribution is 2.48. The van der Waals surface area contributed by atoms with Crippen molar-refractivity contribution in [3.05, 3.63) is 6.42 Å². The fourth-order valence-electron chi connectivity index (χ4n) is 2.67. The third-order valence-corrected chi connectivity index (χ3v) is 3.37. The molecule has 1 spiro atoms. The average molecular weight is 137 g/mol. The van der Waals surface area contributed by atoms with Gasteiger partial charge in [-0.3, -0.25) is 0 Å². The maximum absolute atomic E-state index is 2.51. The number of hydrogen-bond donors (Lipinski definition) is 0. The van der Waals surface area contributed by atoms with E-state index in [0.717, 1.165) is 5.41 Å². The van der Waals surface area contributed by atoms with Crippen LogP contribution in [-0.2, 0) is 0 Å². The zero-order valence-electron chi connectivity index (χ0n) is 6.73. The molecular formula is C10H17. The van der Waals surface area contributed by atoms with Gasteiger partial charge >= 0.3 is 0 Å². The molecule has 0 aliphatic heterocycles. The van der Waals surface area contributed by atoms with Gasteiger partial charge in [0.05, 0.1) is 0 Å². The summed E-state index contributed by atoms with van der Waals surface area (Å²) in [5, 5.41) is 0. The Kier molecular flexibility index (Phi) is 1.71. The average Bonchev–Trinajstić information content (AvgIpc) is 2.39. The van der Waals surface area contributed by atoms with E-state index in [2.05, 4.69) is 6.42 Å². The zero-order chi connectivity index (χ0) is 6.86. The van der Waals surface area contributed by atoms with Gasteiger partial charge in [0.2, 0.25) is 0 Å². The summed E-state index contributed by atoms with van der Waals surface area (Å²) in [6, 6.07) is 0. The van der Waals surface area contributed by atoms with E-state index in [1.54, 1.807) is 0 Å². The van der Waals surface area contributed by atoms with E-state index in [4.69, 9.17) is 0 Å². The normalized spacial score (nSPS) is 31.2. The van der Waals surface area contributed by atoms with E-state index >= 15 is 0 Å². The van der Waals surface area contributed by atoms with E-state index in [9.17, 15) is 0 Å². The molecule has 0 heterocycles. The highest BCUT2D eigenvalue weighted by atomic mass is 14.4. The molecule has 1 radical (unpaired) electrons. The minimum absolute atomic E-state index is 0.818. The van der Waals surface area contributed by atoms with Crippen molar-refractivity contribution in [3.63, 3.8) is 0 Å². The molecule has 2 saturated carbocycles. The molecule has 2 aliphatic carbocycles. The lowest BCUT2D eigenvalue weighted by molar-refractivity contribution is 0.201. The van der Waals surface area contributed by atoms with Crippen LogP contribution in [0.1, 0.15) is 51.4 Å². The van der Waals surface area contributed by atoms with E-state index in [-0.39, 0.29) is 0 Å². The largest absolute Gasteiger partial charge is 0.0533 e. The molecule has 0 amide bonds. The van der Waals surface area contributed by atoms with Crippen molar-refractivity contribution in [1.82, 2.24) is 0 Å². The molecule has 0 N–H and O–H groups in total. The molecule has 0 aromatic carbocycles. The maximum atomic E-state index is 2.51. The lowest BCUT2D eigenvalue weighted by atomic mass is 9.73. The van der Waals surface area contributed by atoms with Gasteiger partial charge in [-0.15, -0.1) is 0 Å². The SMILES string of the molecule is [CH]1CCC2(C1)CCCCC2. The summed E-state index contributed by atoms with van der Waals surface area (Å²) in [5.41, 5.74) is 0.818. The monoisotopic (exact) mass is 137 g/mol. The molecule has 2 fully saturated rings. The maximum Gasteiger partial charge on any atom is -0.0295 e. The minimum atomic E-state index is 0.818. The van der Waals surface area contributed by atoms with Gasteiger partial charge in [-0.1, -0.05) is 19.3 Å². The third-order valence-electron chi connectivity index (χ3n) is 3.37. The summed E-state index contributed by atoms with van der Waals surface area (Å²) >= 11 is 0. The van der Waals surface area contributed by atoms with Gasteiger partial charge < -0.3 is 0 Å². The van der Waals surface area contributed by atoms with E-state index < -0.39 is 0 Å². The molecule has 0 heteroatoms. The predicted molar refractivity (Wildman–Crippen MR) is 43.7 cm³/mol. The van der Waals surface area contributed by atoms with E-state index in [0.29, 0.717) is 0 Å². The Labute approximate surface area is 64.0 Å². The lowest BCUT2D eigenvalue weighted by Crippen LogP contribution is -2.19. The number of rotatable bonds is 0. The molecule has 2 aliphatic rings. The molecular weight excluding hydrogens is 120 g/mol. The van der Waals surface area contributed by atoms with Crippen LogP contribution in [0.5, 0.6) is 0 Å². The van der Waals surface area contributed by atoms with Crippen molar-refractivity contribution in [1.29, 1.82) is 0 Å². The quantitative estimate of drug-likeness (QED) is 0.480. The Morgan fingerprint density at radius 3 is 2.30 bits per heavy atom. The van der Waals surface area contributed by atoms with Gasteiger partial charge in [-0.05, 0) is 43.9 Å². The van der Waals surface area contributed by atoms with E-state index in [1.807, 2.05) is 0 Å². The topological polar surface area (TPSA) is 0 Å². The first-order chi connectivity index (χ1) is 4.91. The molecule has 0 aromatic heterocycles. The second-order valence-corrected chi connectivity index (χ2v) is 4.09. The fourth-order valence-corrected chi connectivity index (χ4v) is 2.67. The van der Waals surface area contributed by atoms with E-state index in [1.165, 1.54) is 51.4 Å². The zero-order valence-corrected chi connectivity index (χ0v) is 6.73. The van der Waals surface area contributed by atoms with Crippen LogP contribution >= 0.6 is 0 Å². The Hall–Kier alpha value is 0. The van der Waals surface area contributed by atoms with Gasteiger partial charge in [-0.25, -0.2) is 0 Å². The van der Waals surface area contributed by atoms with Crippen molar-refractivity contribution < 1.29 is 0 Å². The number of hydrogen-bond acceptors (Lipinski definition) is 0. The molecule has 0 aromatic rings.